The molecular formula is C15H20ClN3O. The van der Waals surface area contributed by atoms with E-state index >= 15 is 0 Å². The van der Waals surface area contributed by atoms with Crippen LogP contribution < -0.4 is 5.32 Å². The van der Waals surface area contributed by atoms with Crippen molar-refractivity contribution in [2.75, 3.05) is 39.3 Å². The highest BCUT2D eigenvalue weighted by Crippen LogP contribution is 2.22. The predicted molar refractivity (Wildman–Crippen MR) is 80.2 cm³/mol. The first kappa shape index (κ1) is 13.9. The number of nitrogens with one attached hydrogen (secondary N) is 1. The van der Waals surface area contributed by atoms with Crippen molar-refractivity contribution in [2.24, 2.45) is 0 Å². The Balaban J connectivity index is 1.65. The van der Waals surface area contributed by atoms with E-state index in [-0.39, 0.29) is 5.91 Å². The highest BCUT2D eigenvalue weighted by molar-refractivity contribution is 6.33. The quantitative estimate of drug-likeness (QED) is 0.897. The molecule has 2 aliphatic rings. The van der Waals surface area contributed by atoms with E-state index in [1.807, 2.05) is 23.1 Å². The second-order valence-electron chi connectivity index (χ2n) is 5.46. The summed E-state index contributed by atoms with van der Waals surface area (Å²) in [5.41, 5.74) is 0.620. The lowest BCUT2D eigenvalue weighted by Crippen LogP contribution is -2.49. The Bertz CT molecular complexity index is 488. The van der Waals surface area contributed by atoms with Crippen molar-refractivity contribution in [3.05, 3.63) is 34.9 Å². The van der Waals surface area contributed by atoms with Crippen LogP contribution in [0, 0.1) is 0 Å². The van der Waals surface area contributed by atoms with Crippen molar-refractivity contribution >= 4 is 17.5 Å². The molecule has 5 heteroatoms. The van der Waals surface area contributed by atoms with Gasteiger partial charge in [-0.1, -0.05) is 23.7 Å². The minimum atomic E-state index is 0.0632. The molecule has 2 fully saturated rings. The van der Waals surface area contributed by atoms with E-state index in [0.29, 0.717) is 16.6 Å². The summed E-state index contributed by atoms with van der Waals surface area (Å²) >= 11 is 6.12. The summed E-state index contributed by atoms with van der Waals surface area (Å²) in [5.74, 6) is 0.0632. The summed E-state index contributed by atoms with van der Waals surface area (Å²) in [6.07, 6.45) is 1.07. The predicted octanol–water partition coefficient (Wildman–Crippen LogP) is 1.46. The Morgan fingerprint density at radius 1 is 1.20 bits per heavy atom. The van der Waals surface area contributed by atoms with Crippen molar-refractivity contribution in [2.45, 2.75) is 12.5 Å². The lowest BCUT2D eigenvalue weighted by atomic mass is 10.2. The first-order chi connectivity index (χ1) is 9.75. The summed E-state index contributed by atoms with van der Waals surface area (Å²) in [4.78, 5) is 16.9. The maximum atomic E-state index is 12.5. The van der Waals surface area contributed by atoms with Crippen LogP contribution in [-0.2, 0) is 0 Å². The smallest absolute Gasteiger partial charge is 0.255 e. The lowest BCUT2D eigenvalue weighted by molar-refractivity contribution is 0.0773. The molecule has 4 nitrogen and oxygen atoms in total. The van der Waals surface area contributed by atoms with Crippen LogP contribution in [-0.4, -0.2) is 61.0 Å². The van der Waals surface area contributed by atoms with Gasteiger partial charge in [0.2, 0.25) is 0 Å². The van der Waals surface area contributed by atoms with Crippen molar-refractivity contribution < 1.29 is 4.79 Å². The molecule has 3 rings (SSSR count). The number of benzene rings is 1. The first-order valence-electron chi connectivity index (χ1n) is 7.24. The number of piperazine rings is 1. The number of nitrogens with zero attached hydrogens (tertiary/aromatic N) is 2. The summed E-state index contributed by atoms with van der Waals surface area (Å²) in [6, 6.07) is 7.81. The second kappa shape index (κ2) is 6.12. The van der Waals surface area contributed by atoms with Gasteiger partial charge in [-0.25, -0.2) is 0 Å². The van der Waals surface area contributed by atoms with Crippen LogP contribution in [0.15, 0.2) is 24.3 Å². The summed E-state index contributed by atoms with van der Waals surface area (Å²) < 4.78 is 0. The molecule has 0 spiro atoms. The number of carbonyl (C=O) groups excluding carboxylic acids is 1. The molecule has 1 aromatic rings. The number of amides is 1. The highest BCUT2D eigenvalue weighted by atomic mass is 35.5. The first-order valence-corrected chi connectivity index (χ1v) is 7.62. The minimum absolute atomic E-state index is 0.0632. The molecule has 108 valence electrons. The van der Waals surface area contributed by atoms with Gasteiger partial charge in [0.25, 0.3) is 5.91 Å². The Morgan fingerprint density at radius 3 is 2.70 bits per heavy atom. The van der Waals surface area contributed by atoms with Gasteiger partial charge in [0.1, 0.15) is 0 Å². The average Bonchev–Trinajstić information content (AvgIpc) is 2.98. The minimum Gasteiger partial charge on any atom is -0.337 e. The van der Waals surface area contributed by atoms with E-state index in [9.17, 15) is 4.79 Å². The van der Waals surface area contributed by atoms with E-state index in [1.54, 1.807) is 6.07 Å². The summed E-state index contributed by atoms with van der Waals surface area (Å²) in [5, 5.41) is 3.91. The van der Waals surface area contributed by atoms with Crippen molar-refractivity contribution in [1.82, 2.24) is 15.1 Å². The van der Waals surface area contributed by atoms with Gasteiger partial charge in [-0.3, -0.25) is 9.69 Å². The van der Waals surface area contributed by atoms with Crippen molar-refractivity contribution in [1.29, 1.82) is 0 Å². The van der Waals surface area contributed by atoms with Crippen molar-refractivity contribution in [3.8, 4) is 0 Å². The van der Waals surface area contributed by atoms with Gasteiger partial charge < -0.3 is 10.2 Å². The van der Waals surface area contributed by atoms with Crippen LogP contribution in [0.3, 0.4) is 0 Å². The maximum Gasteiger partial charge on any atom is 0.255 e. The zero-order valence-electron chi connectivity index (χ0n) is 11.5. The van der Waals surface area contributed by atoms with E-state index in [2.05, 4.69) is 10.2 Å². The fourth-order valence-corrected chi connectivity index (χ4v) is 3.29. The van der Waals surface area contributed by atoms with E-state index in [4.69, 9.17) is 11.6 Å². The Kier molecular flexibility index (Phi) is 4.24. The molecule has 1 unspecified atom stereocenters. The topological polar surface area (TPSA) is 35.6 Å². The SMILES string of the molecule is O=C(c1ccccc1Cl)N1CCC(N2CCNCC2)C1. The third-order valence-electron chi connectivity index (χ3n) is 4.22. The summed E-state index contributed by atoms with van der Waals surface area (Å²) in [7, 11) is 0. The van der Waals surface area contributed by atoms with Gasteiger partial charge in [0.15, 0.2) is 0 Å². The summed E-state index contributed by atoms with van der Waals surface area (Å²) in [6.45, 7) is 5.92. The van der Waals surface area contributed by atoms with E-state index in [0.717, 1.165) is 45.7 Å². The molecule has 0 radical (unpaired) electrons. The van der Waals surface area contributed by atoms with Crippen LogP contribution >= 0.6 is 11.6 Å². The normalized spacial score (nSPS) is 24.1. The average molecular weight is 294 g/mol. The Morgan fingerprint density at radius 2 is 1.95 bits per heavy atom. The highest BCUT2D eigenvalue weighted by Gasteiger charge is 2.31. The molecule has 2 heterocycles. The lowest BCUT2D eigenvalue weighted by Gasteiger charge is -2.32. The van der Waals surface area contributed by atoms with Gasteiger partial charge in [-0.05, 0) is 18.6 Å². The fourth-order valence-electron chi connectivity index (χ4n) is 3.08. The van der Waals surface area contributed by atoms with Gasteiger partial charge in [0, 0.05) is 45.3 Å². The largest absolute Gasteiger partial charge is 0.337 e. The molecule has 0 aliphatic carbocycles. The molecule has 20 heavy (non-hydrogen) atoms. The van der Waals surface area contributed by atoms with Gasteiger partial charge >= 0.3 is 0 Å². The Hall–Kier alpha value is -1.10. The molecule has 1 aromatic carbocycles. The number of hydrogen-bond acceptors (Lipinski definition) is 3. The second-order valence-corrected chi connectivity index (χ2v) is 5.87. The molecule has 0 saturated carbocycles. The molecule has 2 saturated heterocycles. The van der Waals surface area contributed by atoms with Crippen LogP contribution in [0.25, 0.3) is 0 Å². The molecule has 2 aliphatic heterocycles. The van der Waals surface area contributed by atoms with Crippen LogP contribution in [0.1, 0.15) is 16.8 Å². The van der Waals surface area contributed by atoms with Crippen molar-refractivity contribution in [3.63, 3.8) is 0 Å². The fraction of sp³-hybridized carbons (Fsp3) is 0.533. The Labute approximate surface area is 124 Å². The van der Waals surface area contributed by atoms with E-state index < -0.39 is 0 Å². The molecule has 1 atom stereocenters. The molecule has 0 aromatic heterocycles. The van der Waals surface area contributed by atoms with Crippen LogP contribution in [0.4, 0.5) is 0 Å². The molecular weight excluding hydrogens is 274 g/mol. The van der Waals surface area contributed by atoms with Crippen LogP contribution in [0.2, 0.25) is 5.02 Å². The number of rotatable bonds is 2. The third kappa shape index (κ3) is 2.82. The van der Waals surface area contributed by atoms with Crippen LogP contribution in [0.5, 0.6) is 0 Å². The van der Waals surface area contributed by atoms with Gasteiger partial charge in [-0.2, -0.15) is 0 Å². The third-order valence-corrected chi connectivity index (χ3v) is 4.55. The maximum absolute atomic E-state index is 12.5. The zero-order valence-corrected chi connectivity index (χ0v) is 12.3. The molecule has 1 N–H and O–H groups in total. The monoisotopic (exact) mass is 293 g/mol. The zero-order chi connectivity index (χ0) is 13.9. The number of carbonyl (C=O) groups is 1. The van der Waals surface area contributed by atoms with Gasteiger partial charge in [-0.15, -0.1) is 0 Å². The number of halogens is 1. The number of likely N-dealkylation sites (tertiary alicyclic amines) is 1. The van der Waals surface area contributed by atoms with Gasteiger partial charge in [0.05, 0.1) is 10.6 Å². The standard InChI is InChI=1S/C15H20ClN3O/c16-14-4-2-1-3-13(14)15(20)19-8-5-12(11-19)18-9-6-17-7-10-18/h1-4,12,17H,5-11H2. The molecule has 1 amide bonds. The van der Waals surface area contributed by atoms with E-state index in [1.165, 1.54) is 0 Å². The number of hydrogen-bond donors (Lipinski definition) is 1. The molecule has 0 bridgehead atoms.